The Morgan fingerprint density at radius 1 is 1.29 bits per heavy atom. The first-order valence-electron chi connectivity index (χ1n) is 7.74. The first-order chi connectivity index (χ1) is 9.99. The zero-order chi connectivity index (χ0) is 15.5. The van der Waals surface area contributed by atoms with Gasteiger partial charge in [-0.15, -0.1) is 0 Å². The van der Waals surface area contributed by atoms with Gasteiger partial charge in [0.05, 0.1) is 5.56 Å². The summed E-state index contributed by atoms with van der Waals surface area (Å²) in [6.07, 6.45) is 4.72. The minimum atomic E-state index is -1.06. The Hall–Kier alpha value is -1.42. The van der Waals surface area contributed by atoms with E-state index in [0.717, 1.165) is 32.0 Å². The monoisotopic (exact) mass is 293 g/mol. The average molecular weight is 293 g/mol. The fourth-order valence-electron chi connectivity index (χ4n) is 3.27. The number of halogens is 1. The number of carboxylic acids is 1. The van der Waals surface area contributed by atoms with Gasteiger partial charge in [-0.2, -0.15) is 0 Å². The van der Waals surface area contributed by atoms with Crippen molar-refractivity contribution in [1.29, 1.82) is 0 Å². The van der Waals surface area contributed by atoms with Crippen LogP contribution in [0.3, 0.4) is 0 Å². The molecule has 0 radical (unpaired) electrons. The fraction of sp³-hybridized carbons (Fsp3) is 0.588. The predicted octanol–water partition coefficient (Wildman–Crippen LogP) is 3.93. The predicted molar refractivity (Wildman–Crippen MR) is 80.9 cm³/mol. The molecule has 0 unspecified atom stereocenters. The number of benzene rings is 1. The van der Waals surface area contributed by atoms with Gasteiger partial charge < -0.3 is 5.11 Å². The number of carboxylic acid groups (broad SMARTS) is 1. The Kier molecular flexibility index (Phi) is 4.99. The molecule has 1 aromatic rings. The molecular weight excluding hydrogens is 269 g/mol. The molecule has 0 atom stereocenters. The molecular formula is C17H24FNO2. The summed E-state index contributed by atoms with van der Waals surface area (Å²) in [4.78, 5) is 13.5. The second-order valence-corrected chi connectivity index (χ2v) is 6.09. The summed E-state index contributed by atoms with van der Waals surface area (Å²) in [5, 5.41) is 9.19. The number of carbonyl (C=O) groups is 1. The summed E-state index contributed by atoms with van der Waals surface area (Å²) < 4.78 is 13.2. The van der Waals surface area contributed by atoms with E-state index in [4.69, 9.17) is 0 Å². The SMILES string of the molecule is CCC1(CC)CCN(Cc2ccc(F)cc2C(=O)O)CC1. The number of rotatable bonds is 5. The maximum atomic E-state index is 13.2. The fourth-order valence-corrected chi connectivity index (χ4v) is 3.27. The molecule has 1 N–H and O–H groups in total. The molecule has 1 aliphatic rings. The lowest BCUT2D eigenvalue weighted by molar-refractivity contribution is 0.0688. The van der Waals surface area contributed by atoms with E-state index in [9.17, 15) is 14.3 Å². The standard InChI is InChI=1S/C17H24FNO2/c1-3-17(4-2)7-9-19(10-8-17)12-13-5-6-14(18)11-15(13)16(20)21/h5-6,11H,3-4,7-10,12H2,1-2H3,(H,20,21). The Morgan fingerprint density at radius 2 is 1.90 bits per heavy atom. The highest BCUT2D eigenvalue weighted by molar-refractivity contribution is 5.89. The Bertz CT molecular complexity index is 502. The zero-order valence-corrected chi connectivity index (χ0v) is 12.9. The lowest BCUT2D eigenvalue weighted by Gasteiger charge is -2.41. The van der Waals surface area contributed by atoms with Crippen LogP contribution in [0.2, 0.25) is 0 Å². The van der Waals surface area contributed by atoms with Gasteiger partial charge in [0.25, 0.3) is 0 Å². The van der Waals surface area contributed by atoms with Gasteiger partial charge in [-0.05, 0) is 49.0 Å². The van der Waals surface area contributed by atoms with E-state index in [0.29, 0.717) is 17.5 Å². The molecule has 116 valence electrons. The van der Waals surface area contributed by atoms with Crippen molar-refractivity contribution in [3.63, 3.8) is 0 Å². The third-order valence-electron chi connectivity index (χ3n) is 5.11. The number of nitrogens with zero attached hydrogens (tertiary/aromatic N) is 1. The van der Waals surface area contributed by atoms with Gasteiger partial charge in [0, 0.05) is 6.54 Å². The Morgan fingerprint density at radius 3 is 2.43 bits per heavy atom. The highest BCUT2D eigenvalue weighted by Crippen LogP contribution is 2.38. The van der Waals surface area contributed by atoms with Crippen molar-refractivity contribution >= 4 is 5.97 Å². The molecule has 3 nitrogen and oxygen atoms in total. The van der Waals surface area contributed by atoms with E-state index in [2.05, 4.69) is 18.7 Å². The van der Waals surface area contributed by atoms with E-state index in [-0.39, 0.29) is 5.56 Å². The minimum absolute atomic E-state index is 0.0813. The van der Waals surface area contributed by atoms with E-state index in [1.54, 1.807) is 6.07 Å². The lowest BCUT2D eigenvalue weighted by atomic mass is 9.74. The van der Waals surface area contributed by atoms with Gasteiger partial charge in [-0.3, -0.25) is 4.90 Å². The lowest BCUT2D eigenvalue weighted by Crippen LogP contribution is -2.39. The number of piperidine rings is 1. The molecule has 1 aromatic carbocycles. The number of hydrogen-bond donors (Lipinski definition) is 1. The molecule has 0 saturated carbocycles. The summed E-state index contributed by atoms with van der Waals surface area (Å²) in [6.45, 7) is 7.06. The van der Waals surface area contributed by atoms with Crippen molar-refractivity contribution in [2.75, 3.05) is 13.1 Å². The summed E-state index contributed by atoms with van der Waals surface area (Å²) in [6, 6.07) is 4.05. The van der Waals surface area contributed by atoms with Crippen LogP contribution in [-0.4, -0.2) is 29.1 Å². The highest BCUT2D eigenvalue weighted by Gasteiger charge is 2.31. The molecule has 0 aromatic heterocycles. The van der Waals surface area contributed by atoms with E-state index >= 15 is 0 Å². The molecule has 0 amide bonds. The van der Waals surface area contributed by atoms with Crippen molar-refractivity contribution in [2.24, 2.45) is 5.41 Å². The summed E-state index contributed by atoms with van der Waals surface area (Å²) in [5.41, 5.74) is 1.23. The van der Waals surface area contributed by atoms with Gasteiger partial charge in [-0.1, -0.05) is 32.8 Å². The normalized spacial score (nSPS) is 18.6. The third-order valence-corrected chi connectivity index (χ3v) is 5.11. The van der Waals surface area contributed by atoms with Crippen LogP contribution in [0.15, 0.2) is 18.2 Å². The van der Waals surface area contributed by atoms with Crippen LogP contribution in [0.25, 0.3) is 0 Å². The molecule has 1 fully saturated rings. The van der Waals surface area contributed by atoms with Crippen molar-refractivity contribution in [1.82, 2.24) is 4.90 Å². The van der Waals surface area contributed by atoms with E-state index < -0.39 is 11.8 Å². The molecule has 0 bridgehead atoms. The van der Waals surface area contributed by atoms with Crippen LogP contribution in [0.5, 0.6) is 0 Å². The molecule has 0 aliphatic carbocycles. The third kappa shape index (κ3) is 3.62. The maximum Gasteiger partial charge on any atom is 0.336 e. The number of likely N-dealkylation sites (tertiary alicyclic amines) is 1. The van der Waals surface area contributed by atoms with Crippen LogP contribution in [0, 0.1) is 11.2 Å². The molecule has 1 heterocycles. The van der Waals surface area contributed by atoms with Gasteiger partial charge in [0.2, 0.25) is 0 Å². The molecule has 2 rings (SSSR count). The molecule has 4 heteroatoms. The molecule has 1 aliphatic heterocycles. The van der Waals surface area contributed by atoms with E-state index in [1.807, 2.05) is 0 Å². The molecule has 0 spiro atoms. The average Bonchev–Trinajstić information content (AvgIpc) is 2.50. The van der Waals surface area contributed by atoms with Crippen LogP contribution >= 0.6 is 0 Å². The van der Waals surface area contributed by atoms with Crippen LogP contribution in [0.1, 0.15) is 55.5 Å². The summed E-state index contributed by atoms with van der Waals surface area (Å²) >= 11 is 0. The van der Waals surface area contributed by atoms with Gasteiger partial charge in [-0.25, -0.2) is 9.18 Å². The van der Waals surface area contributed by atoms with Crippen molar-refractivity contribution in [3.05, 3.63) is 35.1 Å². The maximum absolute atomic E-state index is 13.2. The number of hydrogen-bond acceptors (Lipinski definition) is 2. The largest absolute Gasteiger partial charge is 0.478 e. The highest BCUT2D eigenvalue weighted by atomic mass is 19.1. The van der Waals surface area contributed by atoms with Crippen LogP contribution in [-0.2, 0) is 6.54 Å². The summed E-state index contributed by atoms with van der Waals surface area (Å²) in [7, 11) is 0. The molecule has 1 saturated heterocycles. The Labute approximate surface area is 125 Å². The first-order valence-corrected chi connectivity index (χ1v) is 7.74. The van der Waals surface area contributed by atoms with Crippen LogP contribution in [0.4, 0.5) is 4.39 Å². The van der Waals surface area contributed by atoms with E-state index in [1.165, 1.54) is 18.9 Å². The van der Waals surface area contributed by atoms with Crippen molar-refractivity contribution in [2.45, 2.75) is 46.1 Å². The second kappa shape index (κ2) is 6.56. The smallest absolute Gasteiger partial charge is 0.336 e. The van der Waals surface area contributed by atoms with Crippen LogP contribution < -0.4 is 0 Å². The second-order valence-electron chi connectivity index (χ2n) is 6.09. The van der Waals surface area contributed by atoms with Crippen molar-refractivity contribution in [3.8, 4) is 0 Å². The quantitative estimate of drug-likeness (QED) is 0.894. The molecule has 21 heavy (non-hydrogen) atoms. The van der Waals surface area contributed by atoms with Crippen molar-refractivity contribution < 1.29 is 14.3 Å². The Balaban J connectivity index is 2.06. The van der Waals surface area contributed by atoms with Gasteiger partial charge >= 0.3 is 5.97 Å². The van der Waals surface area contributed by atoms with Gasteiger partial charge in [0.15, 0.2) is 0 Å². The summed E-state index contributed by atoms with van der Waals surface area (Å²) in [5.74, 6) is -1.55. The van der Waals surface area contributed by atoms with Gasteiger partial charge in [0.1, 0.15) is 5.82 Å². The topological polar surface area (TPSA) is 40.5 Å². The minimum Gasteiger partial charge on any atom is -0.478 e. The zero-order valence-electron chi connectivity index (χ0n) is 12.9. The number of aromatic carboxylic acids is 1. The first kappa shape index (κ1) is 16.0.